The predicted molar refractivity (Wildman–Crippen MR) is 89.7 cm³/mol. The second kappa shape index (κ2) is 5.53. The van der Waals surface area contributed by atoms with E-state index in [0.717, 1.165) is 10.2 Å². The highest BCUT2D eigenvalue weighted by atomic mass is 32.1. The molecule has 1 N–H and O–H groups in total. The number of aryl methyl sites for hydroxylation is 2. The van der Waals surface area contributed by atoms with Gasteiger partial charge in [0.25, 0.3) is 5.91 Å². The maximum absolute atomic E-state index is 12.4. The molecule has 0 atom stereocenters. The highest BCUT2D eigenvalue weighted by Gasteiger charge is 2.16. The molecule has 0 radical (unpaired) electrons. The van der Waals surface area contributed by atoms with Gasteiger partial charge in [0.15, 0.2) is 5.13 Å². The number of amides is 1. The lowest BCUT2D eigenvalue weighted by Gasteiger charge is -2.09. The molecule has 0 spiro atoms. The Kier molecular flexibility index (Phi) is 3.70. The van der Waals surface area contributed by atoms with Crippen molar-refractivity contribution in [2.75, 3.05) is 5.32 Å². The maximum Gasteiger partial charge on any atom is 0.275 e. The Hall–Kier alpha value is -2.21. The summed E-state index contributed by atoms with van der Waals surface area (Å²) in [5, 5.41) is 7.67. The number of carbonyl (C=O) groups excluding carboxylic acids is 1. The van der Waals surface area contributed by atoms with Crippen LogP contribution in [0, 0.1) is 13.8 Å². The fourth-order valence-corrected chi connectivity index (χ4v) is 3.24. The molecule has 0 aliphatic carbocycles. The zero-order valence-corrected chi connectivity index (χ0v) is 13.9. The van der Waals surface area contributed by atoms with Gasteiger partial charge in [-0.1, -0.05) is 11.3 Å². The van der Waals surface area contributed by atoms with Gasteiger partial charge in [-0.25, -0.2) is 4.98 Å². The molecular formula is C16H18N4OS. The van der Waals surface area contributed by atoms with Gasteiger partial charge in [0, 0.05) is 12.2 Å². The molecule has 0 bridgehead atoms. The first-order valence-corrected chi connectivity index (χ1v) is 8.00. The number of benzene rings is 1. The minimum Gasteiger partial charge on any atom is -0.296 e. The van der Waals surface area contributed by atoms with Gasteiger partial charge >= 0.3 is 0 Å². The van der Waals surface area contributed by atoms with Crippen LogP contribution in [-0.4, -0.2) is 20.7 Å². The van der Waals surface area contributed by atoms with Gasteiger partial charge in [0.2, 0.25) is 0 Å². The number of fused-ring (bicyclic) bond motifs is 1. The van der Waals surface area contributed by atoms with E-state index < -0.39 is 0 Å². The minimum absolute atomic E-state index is 0.136. The Morgan fingerprint density at radius 2 is 2.00 bits per heavy atom. The third kappa shape index (κ3) is 2.62. The number of nitrogens with zero attached hydrogens (tertiary/aromatic N) is 3. The number of rotatable bonds is 3. The van der Waals surface area contributed by atoms with E-state index in [1.807, 2.05) is 13.8 Å². The summed E-state index contributed by atoms with van der Waals surface area (Å²) in [5.74, 6) is -0.182. The van der Waals surface area contributed by atoms with Crippen molar-refractivity contribution in [1.29, 1.82) is 0 Å². The van der Waals surface area contributed by atoms with Crippen molar-refractivity contribution in [2.45, 2.75) is 33.7 Å². The van der Waals surface area contributed by atoms with E-state index in [1.165, 1.54) is 22.5 Å². The Bertz CT molecular complexity index is 808. The third-order valence-corrected chi connectivity index (χ3v) is 4.55. The predicted octanol–water partition coefficient (Wildman–Crippen LogP) is 3.94. The summed E-state index contributed by atoms with van der Waals surface area (Å²) < 4.78 is 2.78. The van der Waals surface area contributed by atoms with Crippen LogP contribution in [0.1, 0.15) is 41.5 Å². The fourth-order valence-electron chi connectivity index (χ4n) is 2.30. The average molecular weight is 314 g/mol. The van der Waals surface area contributed by atoms with E-state index in [4.69, 9.17) is 0 Å². The van der Waals surface area contributed by atoms with Gasteiger partial charge in [-0.3, -0.25) is 14.8 Å². The monoisotopic (exact) mass is 314 g/mol. The lowest BCUT2D eigenvalue weighted by atomic mass is 10.1. The summed E-state index contributed by atoms with van der Waals surface area (Å²) in [5.41, 5.74) is 3.89. The Labute approximate surface area is 133 Å². The molecule has 3 rings (SSSR count). The number of hydrogen-bond donors (Lipinski definition) is 1. The van der Waals surface area contributed by atoms with Crippen LogP contribution in [-0.2, 0) is 0 Å². The molecule has 6 heteroatoms. The summed E-state index contributed by atoms with van der Waals surface area (Å²) in [6.45, 7) is 8.13. The first-order chi connectivity index (χ1) is 10.5. The Morgan fingerprint density at radius 1 is 1.27 bits per heavy atom. The second-order valence-electron chi connectivity index (χ2n) is 5.63. The van der Waals surface area contributed by atoms with E-state index in [9.17, 15) is 4.79 Å². The van der Waals surface area contributed by atoms with Crippen LogP contribution in [0.5, 0.6) is 0 Å². The van der Waals surface area contributed by atoms with Gasteiger partial charge in [-0.2, -0.15) is 5.10 Å². The van der Waals surface area contributed by atoms with Crippen molar-refractivity contribution in [3.05, 3.63) is 41.2 Å². The first-order valence-electron chi connectivity index (χ1n) is 7.18. The molecule has 0 fully saturated rings. The molecule has 5 nitrogen and oxygen atoms in total. The lowest BCUT2D eigenvalue weighted by molar-refractivity contribution is 0.101. The van der Waals surface area contributed by atoms with Crippen LogP contribution in [0.2, 0.25) is 0 Å². The normalized spacial score (nSPS) is 11.3. The molecular weight excluding hydrogens is 296 g/mol. The standard InChI is InChI=1S/C16H18N4OS/c1-9(2)20-13(5-6-17-20)15(21)19-16-18-12-7-10(3)11(4)8-14(12)22-16/h5-9H,1-4H3,(H,18,19,21). The highest BCUT2D eigenvalue weighted by Crippen LogP contribution is 2.28. The minimum atomic E-state index is -0.182. The van der Waals surface area contributed by atoms with Crippen molar-refractivity contribution in [3.63, 3.8) is 0 Å². The number of anilines is 1. The van der Waals surface area contributed by atoms with Crippen LogP contribution in [0.3, 0.4) is 0 Å². The fraction of sp³-hybridized carbons (Fsp3) is 0.312. The van der Waals surface area contributed by atoms with Crippen LogP contribution < -0.4 is 5.32 Å². The molecule has 0 aliphatic heterocycles. The maximum atomic E-state index is 12.4. The molecule has 0 saturated heterocycles. The van der Waals surface area contributed by atoms with Gasteiger partial charge in [0.1, 0.15) is 5.69 Å². The summed E-state index contributed by atoms with van der Waals surface area (Å²) in [6.07, 6.45) is 1.64. The Morgan fingerprint density at radius 3 is 2.73 bits per heavy atom. The molecule has 1 aromatic carbocycles. The van der Waals surface area contributed by atoms with Crippen molar-refractivity contribution >= 4 is 32.6 Å². The number of aromatic nitrogens is 3. The van der Waals surface area contributed by atoms with Crippen LogP contribution in [0.25, 0.3) is 10.2 Å². The van der Waals surface area contributed by atoms with E-state index >= 15 is 0 Å². The molecule has 2 aromatic heterocycles. The molecule has 22 heavy (non-hydrogen) atoms. The second-order valence-corrected chi connectivity index (χ2v) is 6.66. The zero-order chi connectivity index (χ0) is 15.9. The van der Waals surface area contributed by atoms with E-state index in [-0.39, 0.29) is 11.9 Å². The summed E-state index contributed by atoms with van der Waals surface area (Å²) in [7, 11) is 0. The summed E-state index contributed by atoms with van der Waals surface area (Å²) in [4.78, 5) is 16.9. The van der Waals surface area contributed by atoms with Crippen molar-refractivity contribution in [2.24, 2.45) is 0 Å². The number of thiazole rings is 1. The highest BCUT2D eigenvalue weighted by molar-refractivity contribution is 7.22. The molecule has 1 amide bonds. The average Bonchev–Trinajstić information content (AvgIpc) is 3.05. The smallest absolute Gasteiger partial charge is 0.275 e. The van der Waals surface area contributed by atoms with Gasteiger partial charge < -0.3 is 0 Å². The zero-order valence-electron chi connectivity index (χ0n) is 13.0. The van der Waals surface area contributed by atoms with E-state index in [1.54, 1.807) is 16.9 Å². The number of nitrogens with one attached hydrogen (secondary N) is 1. The first kappa shape index (κ1) is 14.7. The van der Waals surface area contributed by atoms with Gasteiger partial charge in [-0.05, 0) is 57.0 Å². The van der Waals surface area contributed by atoms with E-state index in [0.29, 0.717) is 10.8 Å². The quantitative estimate of drug-likeness (QED) is 0.796. The number of hydrogen-bond acceptors (Lipinski definition) is 4. The SMILES string of the molecule is Cc1cc2nc(NC(=O)c3ccnn3C(C)C)sc2cc1C. The van der Waals surface area contributed by atoms with E-state index in [2.05, 4.69) is 41.4 Å². The van der Waals surface area contributed by atoms with Crippen molar-refractivity contribution in [3.8, 4) is 0 Å². The van der Waals surface area contributed by atoms with Crippen LogP contribution in [0.15, 0.2) is 24.4 Å². The molecule has 0 saturated carbocycles. The number of carbonyl (C=O) groups is 1. The molecule has 0 aliphatic rings. The Balaban J connectivity index is 1.89. The topological polar surface area (TPSA) is 59.8 Å². The van der Waals surface area contributed by atoms with Gasteiger partial charge in [0.05, 0.1) is 10.2 Å². The molecule has 0 unspecified atom stereocenters. The molecule has 2 heterocycles. The van der Waals surface area contributed by atoms with Gasteiger partial charge in [-0.15, -0.1) is 0 Å². The van der Waals surface area contributed by atoms with Crippen LogP contribution >= 0.6 is 11.3 Å². The third-order valence-electron chi connectivity index (χ3n) is 3.62. The van der Waals surface area contributed by atoms with Crippen molar-refractivity contribution in [1.82, 2.24) is 14.8 Å². The molecule has 114 valence electrons. The molecule has 3 aromatic rings. The van der Waals surface area contributed by atoms with Crippen molar-refractivity contribution < 1.29 is 4.79 Å². The lowest BCUT2D eigenvalue weighted by Crippen LogP contribution is -2.18. The largest absolute Gasteiger partial charge is 0.296 e. The summed E-state index contributed by atoms with van der Waals surface area (Å²) in [6, 6.07) is 6.01. The summed E-state index contributed by atoms with van der Waals surface area (Å²) >= 11 is 1.49. The van der Waals surface area contributed by atoms with Crippen LogP contribution in [0.4, 0.5) is 5.13 Å².